The molecule has 0 amide bonds. The van der Waals surface area contributed by atoms with E-state index < -0.39 is 89.6 Å². The summed E-state index contributed by atoms with van der Waals surface area (Å²) in [6.45, 7) is -7.11. The molecule has 0 N–H and O–H groups in total. The smallest absolute Gasteiger partial charge is 0.756 e. The van der Waals surface area contributed by atoms with Crippen LogP contribution in [0.25, 0.3) is 0 Å². The first-order valence-corrected chi connectivity index (χ1v) is 14.9. The van der Waals surface area contributed by atoms with Crippen molar-refractivity contribution in [1.29, 1.82) is 0 Å². The number of hydrogen-bond donors (Lipinski definition) is 0. The van der Waals surface area contributed by atoms with Crippen LogP contribution in [0.3, 0.4) is 0 Å². The van der Waals surface area contributed by atoms with E-state index >= 15 is 0 Å². The van der Waals surface area contributed by atoms with Crippen LogP contribution < -0.4 is 30.4 Å². The number of phosphoric acid groups is 1. The second-order valence-electron chi connectivity index (χ2n) is 9.74. The van der Waals surface area contributed by atoms with Crippen molar-refractivity contribution in [3.63, 3.8) is 0 Å². The van der Waals surface area contributed by atoms with Crippen molar-refractivity contribution in [3.8, 4) is 0 Å². The molecule has 253 valence electrons. The van der Waals surface area contributed by atoms with Gasteiger partial charge in [-0.1, -0.05) is 36.8 Å². The Labute approximate surface area is 292 Å². The van der Waals surface area contributed by atoms with Gasteiger partial charge in [0.25, 0.3) is 7.82 Å². The third-order valence-corrected chi connectivity index (χ3v) is 7.03. The van der Waals surface area contributed by atoms with Crippen LogP contribution in [0.4, 0.5) is 0 Å². The van der Waals surface area contributed by atoms with E-state index in [-0.39, 0.29) is 59.6 Å². The van der Waals surface area contributed by atoms with E-state index in [1.165, 1.54) is 0 Å². The number of carbonyl (C=O) groups is 5. The summed E-state index contributed by atoms with van der Waals surface area (Å²) >= 11 is 0. The first kappa shape index (κ1) is 42.9. The van der Waals surface area contributed by atoms with Crippen molar-refractivity contribution in [2.75, 3.05) is 65.6 Å². The van der Waals surface area contributed by atoms with Crippen molar-refractivity contribution in [2.45, 2.75) is 31.7 Å². The Morgan fingerprint density at radius 2 is 1.18 bits per heavy atom. The maximum absolute atomic E-state index is 12.4. The number of aryl methyl sites for hydroxylation is 1. The molecule has 1 aromatic rings. The summed E-state index contributed by atoms with van der Waals surface area (Å²) in [4.78, 5) is 70.8. The fraction of sp³-hybridized carbons (Fsp3) is 0.577. The summed E-state index contributed by atoms with van der Waals surface area (Å²) in [5, 5.41) is 55.9. The Hall–Kier alpha value is -2.12. The van der Waals surface area contributed by atoms with Gasteiger partial charge in [0.05, 0.1) is 43.1 Å². The predicted molar refractivity (Wildman–Crippen MR) is 137 cm³/mol. The SMILES string of the molecule is O=C([O-])CN(CCN(CC(=O)[O-])CC(COP(=O)([O-])OCCCCCc1ccccc1)N(CC(=O)[O-])CC(=O)[O-])CC(=O)[O-].[Gd+3]. The van der Waals surface area contributed by atoms with Crippen molar-refractivity contribution in [1.82, 2.24) is 14.7 Å². The molecule has 45 heavy (non-hydrogen) atoms. The van der Waals surface area contributed by atoms with E-state index in [1.807, 2.05) is 30.3 Å². The number of nitrogens with zero attached hydrogens (tertiary/aromatic N) is 3. The Bertz CT molecular complexity index is 1100. The number of benzene rings is 1. The minimum absolute atomic E-state index is 0. The Balaban J connectivity index is 0.0000194. The first-order valence-electron chi connectivity index (χ1n) is 13.5. The molecule has 0 aliphatic rings. The van der Waals surface area contributed by atoms with Gasteiger partial charge < -0.3 is 63.4 Å². The molecule has 19 heteroatoms. The summed E-state index contributed by atoms with van der Waals surface area (Å²) in [5.74, 6) is -8.45. The van der Waals surface area contributed by atoms with Crippen LogP contribution in [-0.2, 0) is 44.0 Å². The largest absolute Gasteiger partial charge is 3.00 e. The molecule has 2 atom stereocenters. The summed E-state index contributed by atoms with van der Waals surface area (Å²) in [5.41, 5.74) is 1.12. The summed E-state index contributed by atoms with van der Waals surface area (Å²) in [6.07, 6.45) is 2.54. The maximum atomic E-state index is 12.4. The Morgan fingerprint density at radius 1 is 0.689 bits per heavy atom. The summed E-state index contributed by atoms with van der Waals surface area (Å²) in [7, 11) is -5.00. The molecule has 0 bridgehead atoms. The molecule has 0 aliphatic heterocycles. The van der Waals surface area contributed by atoms with Crippen molar-refractivity contribution in [2.24, 2.45) is 0 Å². The van der Waals surface area contributed by atoms with Gasteiger partial charge >= 0.3 is 39.9 Å². The fourth-order valence-corrected chi connectivity index (χ4v) is 4.92. The van der Waals surface area contributed by atoms with E-state index in [0.29, 0.717) is 17.7 Å². The first-order chi connectivity index (χ1) is 20.7. The van der Waals surface area contributed by atoms with Crippen molar-refractivity contribution >= 4 is 37.7 Å². The average molecular weight is 801 g/mol. The molecular formula is C26H34GdN3O14P-3. The van der Waals surface area contributed by atoms with Gasteiger partial charge in [-0.15, -0.1) is 0 Å². The van der Waals surface area contributed by atoms with E-state index in [0.717, 1.165) is 28.2 Å². The van der Waals surface area contributed by atoms with E-state index in [4.69, 9.17) is 9.05 Å². The molecule has 0 fully saturated rings. The number of hydrogen-bond acceptors (Lipinski definition) is 17. The molecule has 0 spiro atoms. The van der Waals surface area contributed by atoms with Gasteiger partial charge in [-0.05, 0) is 24.8 Å². The summed E-state index contributed by atoms with van der Waals surface area (Å²) in [6, 6.07) is 8.18. The van der Waals surface area contributed by atoms with Crippen LogP contribution in [0.1, 0.15) is 24.8 Å². The van der Waals surface area contributed by atoms with Crippen LogP contribution in [0.15, 0.2) is 30.3 Å². The molecule has 0 aliphatic carbocycles. The normalized spacial score (nSPS) is 13.2. The van der Waals surface area contributed by atoms with Gasteiger partial charge in [0, 0.05) is 58.4 Å². The van der Waals surface area contributed by atoms with Crippen LogP contribution in [0.5, 0.6) is 0 Å². The number of unbranched alkanes of at least 4 members (excludes halogenated alkanes) is 2. The quantitative estimate of drug-likeness (QED) is 0.0622. The van der Waals surface area contributed by atoms with Gasteiger partial charge in [0.15, 0.2) is 0 Å². The molecule has 1 radical (unpaired) electrons. The van der Waals surface area contributed by atoms with Crippen LogP contribution in [-0.4, -0.2) is 116 Å². The molecular weight excluding hydrogens is 767 g/mol. The number of aliphatic carboxylic acids is 5. The number of carbonyl (C=O) groups excluding carboxylic acids is 5. The third kappa shape index (κ3) is 22.1. The zero-order valence-electron chi connectivity index (χ0n) is 24.2. The van der Waals surface area contributed by atoms with Crippen LogP contribution >= 0.6 is 7.82 Å². The Morgan fingerprint density at radius 3 is 1.69 bits per heavy atom. The maximum Gasteiger partial charge on any atom is 3.00 e. The number of carboxylic acid groups (broad SMARTS) is 5. The number of carboxylic acids is 5. The second-order valence-corrected chi connectivity index (χ2v) is 11.1. The molecule has 0 aromatic heterocycles. The van der Waals surface area contributed by atoms with E-state index in [1.54, 1.807) is 0 Å². The van der Waals surface area contributed by atoms with Crippen molar-refractivity contribution < 1.29 is 108 Å². The second kappa shape index (κ2) is 23.2. The molecule has 0 saturated carbocycles. The number of rotatable bonds is 26. The fourth-order valence-electron chi connectivity index (χ4n) is 4.14. The Kier molecular flexibility index (Phi) is 22.1. The van der Waals surface area contributed by atoms with Crippen LogP contribution in [0, 0.1) is 39.9 Å². The molecule has 1 aromatic carbocycles. The molecule has 0 saturated heterocycles. The minimum Gasteiger partial charge on any atom is -0.756 e. The molecule has 1 rings (SSSR count). The standard InChI is InChI=1S/C26H40N3O14P.Gd/c30-22(31)14-27(10-11-28(15-23(32)33)16-24(34)35)13-21(29(17-25(36)37)18-26(38)39)19-43-44(40,41)42-12-6-2-5-9-20-7-3-1-4-8-20;/h1,3-4,7-8,21H,2,5-6,9-19H2,(H,30,31)(H,32,33)(H,34,35)(H,36,37)(H,38,39)(H,40,41);/q;+3/p-6. The van der Waals surface area contributed by atoms with Gasteiger partial charge in [-0.3, -0.25) is 19.3 Å². The topological polar surface area (TPSA) is 269 Å². The van der Waals surface area contributed by atoms with Gasteiger partial charge in [0.2, 0.25) is 0 Å². The minimum atomic E-state index is -5.00. The average Bonchev–Trinajstić information content (AvgIpc) is 2.90. The predicted octanol–water partition coefficient (Wildman–Crippen LogP) is -7.07. The molecule has 17 nitrogen and oxygen atoms in total. The molecule has 0 heterocycles. The van der Waals surface area contributed by atoms with Crippen molar-refractivity contribution in [3.05, 3.63) is 35.9 Å². The van der Waals surface area contributed by atoms with E-state index in [9.17, 15) is 59.0 Å². The number of phosphoric ester groups is 1. The van der Waals surface area contributed by atoms with Gasteiger partial charge in [0.1, 0.15) is 0 Å². The zero-order chi connectivity index (χ0) is 33.1. The zero-order valence-corrected chi connectivity index (χ0v) is 27.4. The van der Waals surface area contributed by atoms with Gasteiger partial charge in [-0.25, -0.2) is 0 Å². The van der Waals surface area contributed by atoms with Crippen LogP contribution in [0.2, 0.25) is 0 Å². The van der Waals surface area contributed by atoms with E-state index in [2.05, 4.69) is 0 Å². The summed E-state index contributed by atoms with van der Waals surface area (Å²) < 4.78 is 22.1. The monoisotopic (exact) mass is 801 g/mol. The molecule has 2 unspecified atom stereocenters. The van der Waals surface area contributed by atoms with Gasteiger partial charge in [-0.2, -0.15) is 0 Å². The third-order valence-electron chi connectivity index (χ3n) is 6.07.